The predicted octanol–water partition coefficient (Wildman–Crippen LogP) is 2.44. The third kappa shape index (κ3) is 4.04. The van der Waals surface area contributed by atoms with Crippen molar-refractivity contribution in [1.82, 2.24) is 9.80 Å². The molecule has 0 atom stereocenters. The Morgan fingerprint density at radius 1 is 1.19 bits per heavy atom. The van der Waals surface area contributed by atoms with Crippen molar-refractivity contribution in [1.29, 1.82) is 0 Å². The highest BCUT2D eigenvalue weighted by molar-refractivity contribution is 5.99. The number of ketones is 1. The highest BCUT2D eigenvalue weighted by Gasteiger charge is 2.31. The van der Waals surface area contributed by atoms with Crippen molar-refractivity contribution >= 4 is 5.78 Å². The number of halogens is 3. The number of benzene rings is 1. The molecule has 116 valence electrons. The first-order chi connectivity index (χ1) is 9.77. The number of carbonyl (C=O) groups excluding carboxylic acids is 1. The smallest absolute Gasteiger partial charge is 0.304 e. The summed E-state index contributed by atoms with van der Waals surface area (Å²) in [6.45, 7) is 5.11. The van der Waals surface area contributed by atoms with E-state index in [1.807, 2.05) is 11.9 Å². The molecule has 1 saturated heterocycles. The Morgan fingerprint density at radius 2 is 1.81 bits per heavy atom. The van der Waals surface area contributed by atoms with Crippen LogP contribution in [0.5, 0.6) is 0 Å². The van der Waals surface area contributed by atoms with Crippen molar-refractivity contribution in [3.05, 3.63) is 34.9 Å². The van der Waals surface area contributed by atoms with Crippen LogP contribution in [-0.2, 0) is 6.18 Å². The number of nitrogens with zero attached hydrogens (tertiary/aromatic N) is 2. The summed E-state index contributed by atoms with van der Waals surface area (Å²) in [5, 5.41) is 0. The van der Waals surface area contributed by atoms with Crippen LogP contribution in [0, 0.1) is 6.92 Å². The van der Waals surface area contributed by atoms with Gasteiger partial charge in [0.25, 0.3) is 0 Å². The zero-order chi connectivity index (χ0) is 15.6. The van der Waals surface area contributed by atoms with Crippen molar-refractivity contribution in [2.75, 3.05) is 39.8 Å². The summed E-state index contributed by atoms with van der Waals surface area (Å²) in [4.78, 5) is 16.4. The maximum absolute atomic E-state index is 12.7. The van der Waals surface area contributed by atoms with E-state index in [9.17, 15) is 18.0 Å². The fourth-order valence-corrected chi connectivity index (χ4v) is 2.39. The van der Waals surface area contributed by atoms with Gasteiger partial charge in [-0.25, -0.2) is 0 Å². The Morgan fingerprint density at radius 3 is 2.38 bits per heavy atom. The van der Waals surface area contributed by atoms with Gasteiger partial charge in [-0.05, 0) is 31.7 Å². The van der Waals surface area contributed by atoms with E-state index in [0.717, 1.165) is 38.3 Å². The number of aryl methyl sites for hydroxylation is 1. The minimum atomic E-state index is -4.42. The van der Waals surface area contributed by atoms with Gasteiger partial charge in [-0.3, -0.25) is 9.69 Å². The molecular formula is C15H19F3N2O. The Balaban J connectivity index is 2.11. The van der Waals surface area contributed by atoms with E-state index in [4.69, 9.17) is 0 Å². The second kappa shape index (κ2) is 6.15. The summed E-state index contributed by atoms with van der Waals surface area (Å²) in [6, 6.07) is 3.34. The normalized spacial score (nSPS) is 18.0. The van der Waals surface area contributed by atoms with Crippen LogP contribution in [0.15, 0.2) is 18.2 Å². The number of hydrogen-bond donors (Lipinski definition) is 0. The SMILES string of the molecule is Cc1ccc(C(F)(F)F)cc1C(=O)CN1CCN(C)CC1. The van der Waals surface area contributed by atoms with Crippen LogP contribution in [0.3, 0.4) is 0 Å². The molecule has 21 heavy (non-hydrogen) atoms. The molecule has 1 aromatic carbocycles. The van der Waals surface area contributed by atoms with E-state index >= 15 is 0 Å². The van der Waals surface area contributed by atoms with E-state index in [1.54, 1.807) is 6.92 Å². The minimum Gasteiger partial charge on any atom is -0.304 e. The lowest BCUT2D eigenvalue weighted by atomic mass is 10.0. The first-order valence-electron chi connectivity index (χ1n) is 6.89. The molecule has 6 heteroatoms. The minimum absolute atomic E-state index is 0.170. The van der Waals surface area contributed by atoms with E-state index < -0.39 is 11.7 Å². The number of piperazine rings is 1. The molecule has 1 fully saturated rings. The van der Waals surface area contributed by atoms with Crippen LogP contribution in [0.4, 0.5) is 13.2 Å². The van der Waals surface area contributed by atoms with Gasteiger partial charge >= 0.3 is 6.18 Å². The van der Waals surface area contributed by atoms with E-state index in [2.05, 4.69) is 4.90 Å². The van der Waals surface area contributed by atoms with Crippen LogP contribution >= 0.6 is 0 Å². The van der Waals surface area contributed by atoms with Gasteiger partial charge in [-0.2, -0.15) is 13.2 Å². The van der Waals surface area contributed by atoms with Crippen LogP contribution < -0.4 is 0 Å². The highest BCUT2D eigenvalue weighted by Crippen LogP contribution is 2.30. The maximum atomic E-state index is 12.7. The molecular weight excluding hydrogens is 281 g/mol. The monoisotopic (exact) mass is 300 g/mol. The predicted molar refractivity (Wildman–Crippen MR) is 74.4 cm³/mol. The average Bonchev–Trinajstić information content (AvgIpc) is 2.40. The highest BCUT2D eigenvalue weighted by atomic mass is 19.4. The first-order valence-corrected chi connectivity index (χ1v) is 6.89. The van der Waals surface area contributed by atoms with E-state index in [1.165, 1.54) is 6.07 Å². The molecule has 1 aromatic rings. The molecule has 1 aliphatic rings. The second-order valence-corrected chi connectivity index (χ2v) is 5.53. The molecule has 0 amide bonds. The third-order valence-corrected chi connectivity index (χ3v) is 3.83. The Hall–Kier alpha value is -1.40. The van der Waals surface area contributed by atoms with Gasteiger partial charge in [0.15, 0.2) is 5.78 Å². The number of likely N-dealkylation sites (N-methyl/N-ethyl adjacent to an activating group) is 1. The lowest BCUT2D eigenvalue weighted by molar-refractivity contribution is -0.137. The van der Waals surface area contributed by atoms with Crippen molar-refractivity contribution in [2.24, 2.45) is 0 Å². The number of carbonyl (C=O) groups is 1. The van der Waals surface area contributed by atoms with Gasteiger partial charge in [0.05, 0.1) is 12.1 Å². The maximum Gasteiger partial charge on any atom is 0.416 e. The zero-order valence-corrected chi connectivity index (χ0v) is 12.2. The quantitative estimate of drug-likeness (QED) is 0.801. The fourth-order valence-electron chi connectivity index (χ4n) is 2.39. The van der Waals surface area contributed by atoms with E-state index in [-0.39, 0.29) is 17.9 Å². The van der Waals surface area contributed by atoms with Crippen molar-refractivity contribution < 1.29 is 18.0 Å². The number of Topliss-reactive ketones (excluding diaryl/α,β-unsaturated/α-hetero) is 1. The fraction of sp³-hybridized carbons (Fsp3) is 0.533. The summed E-state index contributed by atoms with van der Waals surface area (Å²) in [5.74, 6) is -0.247. The first kappa shape index (κ1) is 16.0. The largest absolute Gasteiger partial charge is 0.416 e. The molecule has 3 nitrogen and oxygen atoms in total. The molecule has 0 aliphatic carbocycles. The average molecular weight is 300 g/mol. The topological polar surface area (TPSA) is 23.6 Å². The van der Waals surface area contributed by atoms with Gasteiger partial charge in [-0.1, -0.05) is 6.07 Å². The molecule has 0 saturated carbocycles. The third-order valence-electron chi connectivity index (χ3n) is 3.83. The molecule has 1 aliphatic heterocycles. The van der Waals surface area contributed by atoms with Gasteiger partial charge in [-0.15, -0.1) is 0 Å². The molecule has 0 spiro atoms. The summed E-state index contributed by atoms with van der Waals surface area (Å²) in [7, 11) is 2.01. The van der Waals surface area contributed by atoms with Gasteiger partial charge in [0.2, 0.25) is 0 Å². The number of rotatable bonds is 3. The molecule has 0 bridgehead atoms. The van der Waals surface area contributed by atoms with Crippen LogP contribution in [0.1, 0.15) is 21.5 Å². The second-order valence-electron chi connectivity index (χ2n) is 5.53. The van der Waals surface area contributed by atoms with Crippen LogP contribution in [0.25, 0.3) is 0 Å². The summed E-state index contributed by atoms with van der Waals surface area (Å²) in [6.07, 6.45) is -4.42. The van der Waals surface area contributed by atoms with Gasteiger partial charge < -0.3 is 4.90 Å². The molecule has 0 aromatic heterocycles. The van der Waals surface area contributed by atoms with Crippen molar-refractivity contribution in [3.8, 4) is 0 Å². The van der Waals surface area contributed by atoms with Gasteiger partial charge in [0.1, 0.15) is 0 Å². The molecule has 0 N–H and O–H groups in total. The summed E-state index contributed by atoms with van der Waals surface area (Å²) < 4.78 is 38.2. The van der Waals surface area contributed by atoms with Crippen LogP contribution in [-0.4, -0.2) is 55.4 Å². The Bertz CT molecular complexity index is 520. The number of alkyl halides is 3. The lowest BCUT2D eigenvalue weighted by Gasteiger charge is -2.31. The van der Waals surface area contributed by atoms with Crippen molar-refractivity contribution in [3.63, 3.8) is 0 Å². The van der Waals surface area contributed by atoms with Gasteiger partial charge in [0, 0.05) is 31.7 Å². The Labute approximate surface area is 122 Å². The zero-order valence-electron chi connectivity index (χ0n) is 12.2. The van der Waals surface area contributed by atoms with E-state index in [0.29, 0.717) is 5.56 Å². The van der Waals surface area contributed by atoms with Crippen molar-refractivity contribution in [2.45, 2.75) is 13.1 Å². The summed E-state index contributed by atoms with van der Waals surface area (Å²) >= 11 is 0. The lowest BCUT2D eigenvalue weighted by Crippen LogP contribution is -2.46. The standard InChI is InChI=1S/C15H19F3N2O/c1-11-3-4-12(15(16,17)18)9-13(11)14(21)10-20-7-5-19(2)6-8-20/h3-4,9H,5-8,10H2,1-2H3. The molecule has 2 rings (SSSR count). The number of hydrogen-bond acceptors (Lipinski definition) is 3. The summed E-state index contributed by atoms with van der Waals surface area (Å²) in [5.41, 5.74) is -0.0132. The molecule has 1 heterocycles. The Kier molecular flexibility index (Phi) is 4.68. The molecule has 0 unspecified atom stereocenters. The molecule has 0 radical (unpaired) electrons. The van der Waals surface area contributed by atoms with Crippen LogP contribution in [0.2, 0.25) is 0 Å².